The van der Waals surface area contributed by atoms with E-state index < -0.39 is 4.92 Å². The van der Waals surface area contributed by atoms with Crippen LogP contribution in [0.15, 0.2) is 53.9 Å². The molecule has 0 unspecified atom stereocenters. The van der Waals surface area contributed by atoms with Crippen molar-refractivity contribution >= 4 is 29.0 Å². The molecule has 3 aromatic rings. The van der Waals surface area contributed by atoms with Gasteiger partial charge in [-0.2, -0.15) is 0 Å². The topological polar surface area (TPSA) is 125 Å². The molecule has 0 atom stereocenters. The number of anilines is 1. The number of carbonyl (C=O) groups excluding carboxylic acids is 1. The van der Waals surface area contributed by atoms with E-state index in [9.17, 15) is 14.9 Å². The molecular weight excluding hydrogens is 420 g/mol. The van der Waals surface area contributed by atoms with Gasteiger partial charge >= 0.3 is 0 Å². The van der Waals surface area contributed by atoms with E-state index in [1.54, 1.807) is 24.5 Å². The lowest BCUT2D eigenvalue weighted by atomic mass is 10.2. The van der Waals surface area contributed by atoms with Crippen LogP contribution in [-0.4, -0.2) is 49.5 Å². The smallest absolute Gasteiger partial charge is 0.292 e. The standard InChI is InChI=1S/C20H22N6O4S/c1-2-30-13-5-12-25-19(15-8-10-21-11-9-15)23-24-20(25)31-14-18(27)22-16-6-3-4-7-17(16)26(28)29/h3-4,6-11H,2,5,12-14H2,1H3,(H,22,27). The molecule has 10 nitrogen and oxygen atoms in total. The van der Waals surface area contributed by atoms with Crippen LogP contribution in [0.2, 0.25) is 0 Å². The van der Waals surface area contributed by atoms with Crippen molar-refractivity contribution in [2.24, 2.45) is 0 Å². The Morgan fingerprint density at radius 3 is 2.74 bits per heavy atom. The Bertz CT molecular complexity index is 1030. The molecule has 31 heavy (non-hydrogen) atoms. The molecule has 1 N–H and O–H groups in total. The van der Waals surface area contributed by atoms with Crippen molar-refractivity contribution in [3.8, 4) is 11.4 Å². The quantitative estimate of drug-likeness (QED) is 0.207. The number of carbonyl (C=O) groups is 1. The summed E-state index contributed by atoms with van der Waals surface area (Å²) in [4.78, 5) is 27.0. The summed E-state index contributed by atoms with van der Waals surface area (Å²) in [7, 11) is 0. The lowest BCUT2D eigenvalue weighted by Gasteiger charge is -2.10. The molecular formula is C20H22N6O4S. The van der Waals surface area contributed by atoms with Gasteiger partial charge in [-0.15, -0.1) is 10.2 Å². The summed E-state index contributed by atoms with van der Waals surface area (Å²) < 4.78 is 7.36. The van der Waals surface area contributed by atoms with E-state index in [-0.39, 0.29) is 23.0 Å². The maximum atomic E-state index is 12.4. The van der Waals surface area contributed by atoms with Crippen molar-refractivity contribution in [2.45, 2.75) is 25.0 Å². The molecule has 162 valence electrons. The normalized spacial score (nSPS) is 10.7. The predicted octanol–water partition coefficient (Wildman–Crippen LogP) is 3.41. The minimum Gasteiger partial charge on any atom is -0.382 e. The zero-order chi connectivity index (χ0) is 22.1. The molecule has 0 saturated heterocycles. The molecule has 2 aromatic heterocycles. The summed E-state index contributed by atoms with van der Waals surface area (Å²) in [6.45, 7) is 3.82. The molecule has 0 radical (unpaired) electrons. The molecule has 0 fully saturated rings. The van der Waals surface area contributed by atoms with Gasteiger partial charge in [-0.3, -0.25) is 19.9 Å². The number of para-hydroxylation sites is 2. The summed E-state index contributed by atoms with van der Waals surface area (Å²) in [5, 5.41) is 22.8. The molecule has 0 spiro atoms. The van der Waals surface area contributed by atoms with Crippen LogP contribution in [0, 0.1) is 10.1 Å². The number of hydrogen-bond acceptors (Lipinski definition) is 8. The maximum absolute atomic E-state index is 12.4. The average Bonchev–Trinajstić information content (AvgIpc) is 3.19. The number of aromatic nitrogens is 4. The Kier molecular flexibility index (Phi) is 8.07. The molecule has 0 aliphatic heterocycles. The van der Waals surface area contributed by atoms with Crippen molar-refractivity contribution in [1.82, 2.24) is 19.7 Å². The van der Waals surface area contributed by atoms with Gasteiger partial charge in [0.1, 0.15) is 5.69 Å². The van der Waals surface area contributed by atoms with Gasteiger partial charge < -0.3 is 14.6 Å². The highest BCUT2D eigenvalue weighted by Crippen LogP contribution is 2.26. The molecule has 0 saturated carbocycles. The lowest BCUT2D eigenvalue weighted by Crippen LogP contribution is -2.16. The summed E-state index contributed by atoms with van der Waals surface area (Å²) in [6, 6.07) is 9.72. The third-order valence-corrected chi connectivity index (χ3v) is 5.20. The summed E-state index contributed by atoms with van der Waals surface area (Å²) in [6.07, 6.45) is 4.13. The third kappa shape index (κ3) is 6.09. The number of nitrogens with one attached hydrogen (secondary N) is 1. The van der Waals surface area contributed by atoms with Crippen LogP contribution in [0.25, 0.3) is 11.4 Å². The van der Waals surface area contributed by atoms with Crippen LogP contribution in [0.1, 0.15) is 13.3 Å². The van der Waals surface area contributed by atoms with E-state index in [0.29, 0.717) is 30.7 Å². The highest BCUT2D eigenvalue weighted by Gasteiger charge is 2.18. The number of pyridine rings is 1. The molecule has 1 aromatic carbocycles. The minimum absolute atomic E-state index is 0.0337. The number of hydrogen-bond donors (Lipinski definition) is 1. The van der Waals surface area contributed by atoms with E-state index in [2.05, 4.69) is 20.5 Å². The van der Waals surface area contributed by atoms with Gasteiger partial charge in [-0.25, -0.2) is 0 Å². The molecule has 3 rings (SSSR count). The fraction of sp³-hybridized carbons (Fsp3) is 0.300. The summed E-state index contributed by atoms with van der Waals surface area (Å²) >= 11 is 1.22. The van der Waals surface area contributed by atoms with Crippen LogP contribution in [0.4, 0.5) is 11.4 Å². The Morgan fingerprint density at radius 1 is 1.23 bits per heavy atom. The third-order valence-electron chi connectivity index (χ3n) is 4.24. The van der Waals surface area contributed by atoms with E-state index in [1.807, 2.05) is 23.6 Å². The first-order valence-corrected chi connectivity index (χ1v) is 10.7. The van der Waals surface area contributed by atoms with Gasteiger partial charge in [0.15, 0.2) is 11.0 Å². The van der Waals surface area contributed by atoms with Crippen molar-refractivity contribution in [1.29, 1.82) is 0 Å². The van der Waals surface area contributed by atoms with Crippen molar-refractivity contribution in [3.63, 3.8) is 0 Å². The number of nitro groups is 1. The fourth-order valence-electron chi connectivity index (χ4n) is 2.84. The Labute approximate surface area is 183 Å². The van der Waals surface area contributed by atoms with Crippen LogP contribution in [0.5, 0.6) is 0 Å². The minimum atomic E-state index is -0.529. The number of benzene rings is 1. The predicted molar refractivity (Wildman–Crippen MR) is 117 cm³/mol. The van der Waals surface area contributed by atoms with Gasteiger partial charge in [-0.1, -0.05) is 23.9 Å². The molecule has 0 aliphatic rings. The second-order valence-corrected chi connectivity index (χ2v) is 7.30. The highest BCUT2D eigenvalue weighted by molar-refractivity contribution is 7.99. The van der Waals surface area contributed by atoms with Gasteiger partial charge in [0, 0.05) is 43.8 Å². The molecule has 11 heteroatoms. The molecule has 0 bridgehead atoms. The monoisotopic (exact) mass is 442 g/mol. The number of rotatable bonds is 11. The average molecular weight is 443 g/mol. The van der Waals surface area contributed by atoms with Crippen molar-refractivity contribution in [2.75, 3.05) is 24.3 Å². The Hall–Kier alpha value is -3.31. The van der Waals surface area contributed by atoms with Crippen LogP contribution in [0.3, 0.4) is 0 Å². The number of amides is 1. The zero-order valence-electron chi connectivity index (χ0n) is 16.9. The fourth-order valence-corrected chi connectivity index (χ4v) is 3.60. The Balaban J connectivity index is 1.71. The second-order valence-electron chi connectivity index (χ2n) is 6.36. The van der Waals surface area contributed by atoms with Gasteiger partial charge in [0.05, 0.1) is 10.7 Å². The second kappa shape index (κ2) is 11.2. The number of nitro benzene ring substituents is 1. The lowest BCUT2D eigenvalue weighted by molar-refractivity contribution is -0.383. The zero-order valence-corrected chi connectivity index (χ0v) is 17.7. The van der Waals surface area contributed by atoms with Gasteiger partial charge in [0.2, 0.25) is 5.91 Å². The SMILES string of the molecule is CCOCCCn1c(SCC(=O)Nc2ccccc2[N+](=O)[O-])nnc1-c1ccncc1. The molecule has 2 heterocycles. The highest BCUT2D eigenvalue weighted by atomic mass is 32.2. The number of nitrogens with zero attached hydrogens (tertiary/aromatic N) is 5. The van der Waals surface area contributed by atoms with Gasteiger partial charge in [-0.05, 0) is 31.5 Å². The first kappa shape index (κ1) is 22.4. The maximum Gasteiger partial charge on any atom is 0.292 e. The van der Waals surface area contributed by atoms with Crippen molar-refractivity contribution < 1.29 is 14.5 Å². The van der Waals surface area contributed by atoms with Gasteiger partial charge in [0.25, 0.3) is 5.69 Å². The first-order chi connectivity index (χ1) is 15.1. The van der Waals surface area contributed by atoms with E-state index >= 15 is 0 Å². The van der Waals surface area contributed by atoms with E-state index in [4.69, 9.17) is 4.74 Å². The molecule has 0 aliphatic carbocycles. The first-order valence-electron chi connectivity index (χ1n) is 9.67. The van der Waals surface area contributed by atoms with Crippen molar-refractivity contribution in [3.05, 3.63) is 58.9 Å². The van der Waals surface area contributed by atoms with E-state index in [1.165, 1.54) is 23.9 Å². The Morgan fingerprint density at radius 2 is 2.00 bits per heavy atom. The van der Waals surface area contributed by atoms with Crippen LogP contribution >= 0.6 is 11.8 Å². The van der Waals surface area contributed by atoms with E-state index in [0.717, 1.165) is 12.0 Å². The largest absolute Gasteiger partial charge is 0.382 e. The number of ether oxygens (including phenoxy) is 1. The summed E-state index contributed by atoms with van der Waals surface area (Å²) in [5.74, 6) is 0.348. The molecule has 1 amide bonds. The van der Waals surface area contributed by atoms with Crippen LogP contribution < -0.4 is 5.32 Å². The van der Waals surface area contributed by atoms with Crippen LogP contribution in [-0.2, 0) is 16.1 Å². The number of thioether (sulfide) groups is 1. The summed E-state index contributed by atoms with van der Waals surface area (Å²) in [5.41, 5.74) is 0.879.